The van der Waals surface area contributed by atoms with Gasteiger partial charge in [-0.3, -0.25) is 4.79 Å². The van der Waals surface area contributed by atoms with Gasteiger partial charge >= 0.3 is 0 Å². The van der Waals surface area contributed by atoms with Gasteiger partial charge in [-0.1, -0.05) is 31.0 Å². The van der Waals surface area contributed by atoms with Gasteiger partial charge < -0.3 is 9.47 Å². The molecule has 132 valence electrons. The molecule has 0 saturated carbocycles. The van der Waals surface area contributed by atoms with E-state index < -0.39 is 0 Å². The molecule has 1 amide bonds. The van der Waals surface area contributed by atoms with Gasteiger partial charge in [0, 0.05) is 0 Å². The molecule has 5 heteroatoms. The molecule has 0 aromatic heterocycles. The van der Waals surface area contributed by atoms with Gasteiger partial charge in [0.15, 0.2) is 6.61 Å². The van der Waals surface area contributed by atoms with Crippen LogP contribution in [0.15, 0.2) is 53.6 Å². The van der Waals surface area contributed by atoms with Crippen LogP contribution in [-0.2, 0) is 4.79 Å². The number of nitrogens with one attached hydrogen (secondary N) is 1. The van der Waals surface area contributed by atoms with Crippen molar-refractivity contribution in [2.75, 3.05) is 13.2 Å². The van der Waals surface area contributed by atoms with Gasteiger partial charge in [-0.2, -0.15) is 5.10 Å². The van der Waals surface area contributed by atoms with Crippen molar-refractivity contribution in [1.29, 1.82) is 0 Å². The van der Waals surface area contributed by atoms with E-state index in [1.807, 2.05) is 55.5 Å². The number of ether oxygens (including phenoxy) is 2. The molecule has 0 aliphatic heterocycles. The lowest BCUT2D eigenvalue weighted by Crippen LogP contribution is -2.24. The molecule has 0 radical (unpaired) electrons. The number of amides is 1. The number of hydrazone groups is 1. The molecule has 0 aliphatic carbocycles. The first-order valence-corrected chi connectivity index (χ1v) is 8.41. The standard InChI is InChI=1S/C20H24N2O3/c1-3-4-13-24-18-11-7-17(8-12-18)14-21-22-20(23)15-25-19-9-5-16(2)6-10-19/h5-12,14H,3-4,13,15H2,1-2H3,(H,22,23)/b21-14+. The van der Waals surface area contributed by atoms with Gasteiger partial charge in [0.1, 0.15) is 11.5 Å². The van der Waals surface area contributed by atoms with E-state index in [2.05, 4.69) is 17.5 Å². The number of benzene rings is 2. The molecule has 2 aromatic carbocycles. The first kappa shape index (κ1) is 18.5. The molecule has 1 N–H and O–H groups in total. The lowest BCUT2D eigenvalue weighted by molar-refractivity contribution is -0.123. The molecule has 5 nitrogen and oxygen atoms in total. The van der Waals surface area contributed by atoms with Crippen LogP contribution in [0.25, 0.3) is 0 Å². The van der Waals surface area contributed by atoms with E-state index in [0.717, 1.165) is 36.3 Å². The highest BCUT2D eigenvalue weighted by atomic mass is 16.5. The van der Waals surface area contributed by atoms with Crippen molar-refractivity contribution in [3.05, 3.63) is 59.7 Å². The summed E-state index contributed by atoms with van der Waals surface area (Å²) in [6.45, 7) is 4.77. The number of hydrogen-bond acceptors (Lipinski definition) is 4. The fourth-order valence-corrected chi connectivity index (χ4v) is 1.98. The predicted octanol–water partition coefficient (Wildman–Crippen LogP) is 3.70. The summed E-state index contributed by atoms with van der Waals surface area (Å²) < 4.78 is 11.0. The Bertz CT molecular complexity index is 679. The Morgan fingerprint density at radius 2 is 1.68 bits per heavy atom. The van der Waals surface area contributed by atoms with Gasteiger partial charge in [0.05, 0.1) is 12.8 Å². The molecule has 0 bridgehead atoms. The Morgan fingerprint density at radius 1 is 1.04 bits per heavy atom. The van der Waals surface area contributed by atoms with E-state index in [-0.39, 0.29) is 12.5 Å². The molecule has 0 heterocycles. The normalized spacial score (nSPS) is 10.6. The molecule has 0 aliphatic rings. The van der Waals surface area contributed by atoms with Crippen LogP contribution in [-0.4, -0.2) is 25.3 Å². The third kappa shape index (κ3) is 7.08. The van der Waals surface area contributed by atoms with E-state index in [1.165, 1.54) is 0 Å². The Morgan fingerprint density at radius 3 is 2.36 bits per heavy atom. The number of hydrogen-bond donors (Lipinski definition) is 1. The highest BCUT2D eigenvalue weighted by Gasteiger charge is 2.01. The van der Waals surface area contributed by atoms with Gasteiger partial charge in [-0.15, -0.1) is 0 Å². The minimum atomic E-state index is -0.309. The first-order valence-electron chi connectivity index (χ1n) is 8.41. The lowest BCUT2D eigenvalue weighted by atomic mass is 10.2. The number of nitrogens with zero attached hydrogens (tertiary/aromatic N) is 1. The van der Waals surface area contributed by atoms with Crippen LogP contribution < -0.4 is 14.9 Å². The fourth-order valence-electron chi connectivity index (χ4n) is 1.98. The summed E-state index contributed by atoms with van der Waals surface area (Å²) >= 11 is 0. The second-order valence-electron chi connectivity index (χ2n) is 5.67. The zero-order valence-corrected chi connectivity index (χ0v) is 14.7. The zero-order chi connectivity index (χ0) is 17.9. The van der Waals surface area contributed by atoms with Gasteiger partial charge in [0.2, 0.25) is 0 Å². The van der Waals surface area contributed by atoms with Crippen molar-refractivity contribution in [2.24, 2.45) is 5.10 Å². The summed E-state index contributed by atoms with van der Waals surface area (Å²) in [5, 5.41) is 3.93. The Hall–Kier alpha value is -2.82. The van der Waals surface area contributed by atoms with E-state index >= 15 is 0 Å². The Labute approximate surface area is 148 Å². The molecule has 0 atom stereocenters. The van der Waals surface area contributed by atoms with Crippen LogP contribution >= 0.6 is 0 Å². The highest BCUT2D eigenvalue weighted by Crippen LogP contribution is 2.12. The maximum Gasteiger partial charge on any atom is 0.277 e. The van der Waals surface area contributed by atoms with Crippen LogP contribution in [0, 0.1) is 6.92 Å². The Balaban J connectivity index is 1.72. The summed E-state index contributed by atoms with van der Waals surface area (Å²) in [6, 6.07) is 15.1. The number of unbranched alkanes of at least 4 members (excludes halogenated alkanes) is 1. The second kappa shape index (κ2) is 10.1. The van der Waals surface area contributed by atoms with Crippen LogP contribution in [0.4, 0.5) is 0 Å². The number of carbonyl (C=O) groups is 1. The van der Waals surface area contributed by atoms with Crippen molar-refractivity contribution in [3.8, 4) is 11.5 Å². The summed E-state index contributed by atoms with van der Waals surface area (Å²) in [5.74, 6) is 1.18. The van der Waals surface area contributed by atoms with Gasteiger partial charge in [-0.05, 0) is 55.3 Å². The molecular formula is C20H24N2O3. The number of carbonyl (C=O) groups excluding carboxylic acids is 1. The topological polar surface area (TPSA) is 59.9 Å². The third-order valence-corrected chi connectivity index (χ3v) is 3.44. The van der Waals surface area contributed by atoms with Crippen LogP contribution in [0.5, 0.6) is 11.5 Å². The number of aryl methyl sites for hydroxylation is 1. The van der Waals surface area contributed by atoms with Crippen LogP contribution in [0.3, 0.4) is 0 Å². The van der Waals surface area contributed by atoms with Crippen molar-refractivity contribution in [3.63, 3.8) is 0 Å². The zero-order valence-electron chi connectivity index (χ0n) is 14.7. The minimum Gasteiger partial charge on any atom is -0.494 e. The molecule has 0 unspecified atom stereocenters. The largest absolute Gasteiger partial charge is 0.494 e. The minimum absolute atomic E-state index is 0.0788. The maximum absolute atomic E-state index is 11.7. The summed E-state index contributed by atoms with van der Waals surface area (Å²) in [7, 11) is 0. The van der Waals surface area contributed by atoms with Gasteiger partial charge in [0.25, 0.3) is 5.91 Å². The number of rotatable bonds is 9. The van der Waals surface area contributed by atoms with E-state index in [9.17, 15) is 4.79 Å². The summed E-state index contributed by atoms with van der Waals surface area (Å²) in [5.41, 5.74) is 4.46. The van der Waals surface area contributed by atoms with Crippen LogP contribution in [0.1, 0.15) is 30.9 Å². The predicted molar refractivity (Wildman–Crippen MR) is 99.3 cm³/mol. The maximum atomic E-state index is 11.7. The average Bonchev–Trinajstić information content (AvgIpc) is 2.63. The van der Waals surface area contributed by atoms with E-state index in [0.29, 0.717) is 5.75 Å². The summed E-state index contributed by atoms with van der Waals surface area (Å²) in [6.07, 6.45) is 3.73. The van der Waals surface area contributed by atoms with Crippen molar-refractivity contribution in [1.82, 2.24) is 5.43 Å². The van der Waals surface area contributed by atoms with Crippen LogP contribution in [0.2, 0.25) is 0 Å². The highest BCUT2D eigenvalue weighted by molar-refractivity contribution is 5.83. The molecule has 25 heavy (non-hydrogen) atoms. The smallest absolute Gasteiger partial charge is 0.277 e. The van der Waals surface area contributed by atoms with E-state index in [1.54, 1.807) is 6.21 Å². The second-order valence-corrected chi connectivity index (χ2v) is 5.67. The quantitative estimate of drug-likeness (QED) is 0.430. The average molecular weight is 340 g/mol. The molecule has 0 fully saturated rings. The van der Waals surface area contributed by atoms with E-state index in [4.69, 9.17) is 9.47 Å². The van der Waals surface area contributed by atoms with Crippen molar-refractivity contribution < 1.29 is 14.3 Å². The first-order chi connectivity index (χ1) is 12.2. The lowest BCUT2D eigenvalue weighted by Gasteiger charge is -2.05. The van der Waals surface area contributed by atoms with Crippen molar-refractivity contribution in [2.45, 2.75) is 26.7 Å². The summed E-state index contributed by atoms with van der Waals surface area (Å²) in [4.78, 5) is 11.7. The fraction of sp³-hybridized carbons (Fsp3) is 0.300. The SMILES string of the molecule is CCCCOc1ccc(/C=N/NC(=O)COc2ccc(C)cc2)cc1. The Kier molecular flexibility index (Phi) is 7.50. The molecule has 2 aromatic rings. The molecule has 0 spiro atoms. The van der Waals surface area contributed by atoms with Gasteiger partial charge in [-0.25, -0.2) is 5.43 Å². The molecular weight excluding hydrogens is 316 g/mol. The molecule has 2 rings (SSSR count). The third-order valence-electron chi connectivity index (χ3n) is 3.44. The monoisotopic (exact) mass is 340 g/mol. The molecule has 0 saturated heterocycles. The van der Waals surface area contributed by atoms with Crippen molar-refractivity contribution >= 4 is 12.1 Å².